The van der Waals surface area contributed by atoms with Gasteiger partial charge in [-0.25, -0.2) is 9.18 Å². The molecule has 1 fully saturated rings. The van der Waals surface area contributed by atoms with Gasteiger partial charge in [-0.05, 0) is 18.6 Å². The van der Waals surface area contributed by atoms with E-state index >= 15 is 0 Å². The molecule has 3 unspecified atom stereocenters. The average molecular weight is 297 g/mol. The van der Waals surface area contributed by atoms with Gasteiger partial charge in [0.2, 0.25) is 12.0 Å². The lowest BCUT2D eigenvalue weighted by Gasteiger charge is -2.21. The molecule has 0 bridgehead atoms. The molecule has 21 heavy (non-hydrogen) atoms. The topological polar surface area (TPSA) is 107 Å². The summed E-state index contributed by atoms with van der Waals surface area (Å²) in [4.78, 5) is 27.2. The molecule has 0 radical (unpaired) electrons. The molecule has 2 rings (SSSR count). The molecule has 3 N–H and O–H groups in total. The summed E-state index contributed by atoms with van der Waals surface area (Å²) in [5.41, 5.74) is 2.75. The van der Waals surface area contributed by atoms with E-state index in [1.165, 1.54) is 18.3 Å². The number of nitrogens with zero attached hydrogens (tertiary/aromatic N) is 2. The number of anilines is 1. The summed E-state index contributed by atoms with van der Waals surface area (Å²) in [5.74, 6) is -0.946. The zero-order chi connectivity index (χ0) is 15.6. The quantitative estimate of drug-likeness (QED) is 0.755. The second kappa shape index (κ2) is 5.74. The number of nitrogen functional groups attached to an aromatic ring is 1. The van der Waals surface area contributed by atoms with Crippen LogP contribution in [0, 0.1) is 0 Å². The number of carbonyl (C=O) groups is 1. The number of ether oxygens (including phenoxy) is 1. The van der Waals surface area contributed by atoms with Crippen molar-refractivity contribution >= 4 is 11.6 Å². The minimum Gasteiger partial charge on any atom is -0.393 e. The van der Waals surface area contributed by atoms with Crippen molar-refractivity contribution in [3.63, 3.8) is 0 Å². The first-order valence-electron chi connectivity index (χ1n) is 6.44. The van der Waals surface area contributed by atoms with E-state index in [1.807, 2.05) is 6.92 Å². The van der Waals surface area contributed by atoms with Crippen LogP contribution in [-0.2, 0) is 9.53 Å². The fraction of sp³-hybridized carbons (Fsp3) is 0.462. The molecule has 3 atom stereocenters. The van der Waals surface area contributed by atoms with Crippen LogP contribution in [0.15, 0.2) is 29.2 Å². The molecule has 114 valence electrons. The SMILES string of the molecule is CCC=CC1(CO)OC(n2ccc(N)nc2=O)C(F)C1=O. The molecule has 0 aromatic carbocycles. The van der Waals surface area contributed by atoms with Gasteiger partial charge in [0.25, 0.3) is 0 Å². The van der Waals surface area contributed by atoms with Crippen LogP contribution in [-0.4, -0.2) is 38.8 Å². The Morgan fingerprint density at radius 2 is 2.33 bits per heavy atom. The third-order valence-corrected chi connectivity index (χ3v) is 3.23. The molecule has 1 aromatic heterocycles. The van der Waals surface area contributed by atoms with E-state index in [0.717, 1.165) is 4.57 Å². The lowest BCUT2D eigenvalue weighted by Crippen LogP contribution is -2.39. The Morgan fingerprint density at radius 3 is 2.90 bits per heavy atom. The van der Waals surface area contributed by atoms with Crippen LogP contribution in [0.25, 0.3) is 0 Å². The van der Waals surface area contributed by atoms with Crippen molar-refractivity contribution in [3.05, 3.63) is 34.9 Å². The van der Waals surface area contributed by atoms with Crippen LogP contribution in [0.1, 0.15) is 19.6 Å². The predicted molar refractivity (Wildman–Crippen MR) is 72.2 cm³/mol. The minimum absolute atomic E-state index is 0.0183. The Hall–Kier alpha value is -2.06. The number of alkyl halides is 1. The minimum atomic E-state index is -2.08. The molecular weight excluding hydrogens is 281 g/mol. The van der Waals surface area contributed by atoms with Crippen molar-refractivity contribution in [2.75, 3.05) is 12.3 Å². The van der Waals surface area contributed by atoms with Gasteiger partial charge in [-0.3, -0.25) is 9.36 Å². The van der Waals surface area contributed by atoms with Gasteiger partial charge in [-0.1, -0.05) is 13.0 Å². The Balaban J connectivity index is 2.42. The highest BCUT2D eigenvalue weighted by Gasteiger charge is 2.54. The summed E-state index contributed by atoms with van der Waals surface area (Å²) in [6.07, 6.45) is 1.13. The molecule has 2 heterocycles. The first-order valence-corrected chi connectivity index (χ1v) is 6.44. The molecule has 8 heteroatoms. The summed E-state index contributed by atoms with van der Waals surface area (Å²) in [5, 5.41) is 9.42. The number of carbonyl (C=O) groups excluding carboxylic acids is 1. The van der Waals surface area contributed by atoms with Gasteiger partial charge in [-0.2, -0.15) is 4.98 Å². The van der Waals surface area contributed by atoms with Crippen molar-refractivity contribution in [1.82, 2.24) is 9.55 Å². The van der Waals surface area contributed by atoms with Crippen molar-refractivity contribution in [1.29, 1.82) is 0 Å². The summed E-state index contributed by atoms with van der Waals surface area (Å²) in [6, 6.07) is 1.29. The van der Waals surface area contributed by atoms with Crippen LogP contribution >= 0.6 is 0 Å². The Morgan fingerprint density at radius 1 is 1.62 bits per heavy atom. The van der Waals surface area contributed by atoms with Gasteiger partial charge in [0.05, 0.1) is 6.61 Å². The first-order chi connectivity index (χ1) is 9.95. The molecular formula is C13H16FN3O4. The number of aromatic nitrogens is 2. The van der Waals surface area contributed by atoms with Crippen molar-refractivity contribution in [2.24, 2.45) is 0 Å². The molecule has 1 aromatic rings. The second-order valence-electron chi connectivity index (χ2n) is 4.67. The predicted octanol–water partition coefficient (Wildman–Crippen LogP) is -0.0412. The number of rotatable bonds is 4. The van der Waals surface area contributed by atoms with Gasteiger partial charge >= 0.3 is 5.69 Å². The Kier molecular flexibility index (Phi) is 4.19. The zero-order valence-electron chi connectivity index (χ0n) is 11.4. The summed E-state index contributed by atoms with van der Waals surface area (Å²) in [6.45, 7) is 1.11. The summed E-state index contributed by atoms with van der Waals surface area (Å²) < 4.78 is 20.4. The standard InChI is InChI=1S/C13H16FN3O4/c1-2-3-5-13(7-18)10(19)9(14)11(21-13)17-6-4-8(15)16-12(17)20/h3-6,9,11,18H,2,7H2,1H3,(H2,15,16,20). The number of aliphatic hydroxyl groups excluding tert-OH is 1. The van der Waals surface area contributed by atoms with Gasteiger partial charge in [0.15, 0.2) is 11.8 Å². The number of aliphatic hydroxyl groups is 1. The maximum Gasteiger partial charge on any atom is 0.351 e. The monoisotopic (exact) mass is 297 g/mol. The molecule has 7 nitrogen and oxygen atoms in total. The smallest absolute Gasteiger partial charge is 0.351 e. The van der Waals surface area contributed by atoms with Gasteiger partial charge < -0.3 is 15.6 Å². The maximum absolute atomic E-state index is 14.2. The third kappa shape index (κ3) is 2.59. The van der Waals surface area contributed by atoms with Crippen molar-refractivity contribution in [2.45, 2.75) is 31.3 Å². The highest BCUT2D eigenvalue weighted by Crippen LogP contribution is 2.36. The third-order valence-electron chi connectivity index (χ3n) is 3.23. The van der Waals surface area contributed by atoms with Crippen LogP contribution in [0.3, 0.4) is 0 Å². The lowest BCUT2D eigenvalue weighted by atomic mass is 9.97. The fourth-order valence-corrected chi connectivity index (χ4v) is 2.11. The van der Waals surface area contributed by atoms with E-state index in [9.17, 15) is 19.1 Å². The molecule has 0 saturated carbocycles. The van der Waals surface area contributed by atoms with E-state index in [0.29, 0.717) is 6.42 Å². The number of allylic oxidation sites excluding steroid dienone is 1. The number of hydrogen-bond donors (Lipinski definition) is 2. The maximum atomic E-state index is 14.2. The number of hydrogen-bond acceptors (Lipinski definition) is 6. The molecule has 0 aliphatic carbocycles. The van der Waals surface area contributed by atoms with Gasteiger partial charge in [-0.15, -0.1) is 0 Å². The fourth-order valence-electron chi connectivity index (χ4n) is 2.11. The highest BCUT2D eigenvalue weighted by atomic mass is 19.1. The van der Waals surface area contributed by atoms with E-state index in [4.69, 9.17) is 10.5 Å². The lowest BCUT2D eigenvalue weighted by molar-refractivity contribution is -0.134. The number of Topliss-reactive ketones (excluding diaryl/α,β-unsaturated/α-hetero) is 1. The molecule has 1 aliphatic heterocycles. The average Bonchev–Trinajstić information content (AvgIpc) is 2.71. The molecule has 1 saturated heterocycles. The van der Waals surface area contributed by atoms with Crippen LogP contribution in [0.2, 0.25) is 0 Å². The van der Waals surface area contributed by atoms with E-state index in [-0.39, 0.29) is 5.82 Å². The van der Waals surface area contributed by atoms with E-state index in [2.05, 4.69) is 4.98 Å². The summed E-state index contributed by atoms with van der Waals surface area (Å²) >= 11 is 0. The summed E-state index contributed by atoms with van der Waals surface area (Å²) in [7, 11) is 0. The van der Waals surface area contributed by atoms with Crippen LogP contribution in [0.4, 0.5) is 10.2 Å². The molecule has 1 aliphatic rings. The van der Waals surface area contributed by atoms with Crippen LogP contribution in [0.5, 0.6) is 0 Å². The second-order valence-corrected chi connectivity index (χ2v) is 4.67. The largest absolute Gasteiger partial charge is 0.393 e. The van der Waals surface area contributed by atoms with Crippen molar-refractivity contribution < 1.29 is 19.0 Å². The number of ketones is 1. The highest BCUT2D eigenvalue weighted by molar-refractivity contribution is 5.95. The van der Waals surface area contributed by atoms with Crippen LogP contribution < -0.4 is 11.4 Å². The first kappa shape index (κ1) is 15.3. The number of halogens is 1. The molecule has 0 amide bonds. The molecule has 0 spiro atoms. The van der Waals surface area contributed by atoms with E-state index < -0.39 is 36.1 Å². The number of nitrogens with two attached hydrogens (primary N) is 1. The van der Waals surface area contributed by atoms with Crippen molar-refractivity contribution in [3.8, 4) is 0 Å². The zero-order valence-corrected chi connectivity index (χ0v) is 11.4. The van der Waals surface area contributed by atoms with Gasteiger partial charge in [0, 0.05) is 6.20 Å². The Labute approximate surface area is 119 Å². The normalized spacial score (nSPS) is 29.4. The van der Waals surface area contributed by atoms with E-state index in [1.54, 1.807) is 6.08 Å². The Bertz CT molecular complexity index is 630. The van der Waals surface area contributed by atoms with Gasteiger partial charge in [0.1, 0.15) is 5.82 Å².